The van der Waals surface area contributed by atoms with Gasteiger partial charge in [0.1, 0.15) is 0 Å². The van der Waals surface area contributed by atoms with E-state index in [0.717, 1.165) is 30.5 Å². The van der Waals surface area contributed by atoms with Gasteiger partial charge >= 0.3 is 6.03 Å². The molecule has 0 radical (unpaired) electrons. The van der Waals surface area contributed by atoms with Gasteiger partial charge in [-0.2, -0.15) is 0 Å². The molecule has 2 fully saturated rings. The van der Waals surface area contributed by atoms with Crippen LogP contribution in [0.25, 0.3) is 0 Å². The number of urea groups is 1. The highest BCUT2D eigenvalue weighted by molar-refractivity contribution is 5.94. The summed E-state index contributed by atoms with van der Waals surface area (Å²) in [7, 11) is 0. The monoisotopic (exact) mass is 297 g/mol. The Morgan fingerprint density at radius 2 is 2.09 bits per heavy atom. The van der Waals surface area contributed by atoms with Crippen molar-refractivity contribution in [2.45, 2.75) is 19.3 Å². The van der Waals surface area contributed by atoms with Crippen LogP contribution in [0.5, 0.6) is 0 Å². The maximum absolute atomic E-state index is 11.6. The Hall–Kier alpha value is -2.48. The molecule has 0 bridgehead atoms. The zero-order chi connectivity index (χ0) is 15.4. The summed E-state index contributed by atoms with van der Waals surface area (Å²) >= 11 is 0. The number of rotatable bonds is 3. The number of carbonyl (C=O) groups excluding carboxylic acids is 2. The van der Waals surface area contributed by atoms with E-state index in [-0.39, 0.29) is 17.9 Å². The number of nitrogens with one attached hydrogen (secondary N) is 2. The second kappa shape index (κ2) is 6.52. The third-order valence-electron chi connectivity index (χ3n) is 4.10. The predicted molar refractivity (Wildman–Crippen MR) is 84.4 cm³/mol. The molecule has 1 aliphatic carbocycles. The largest absolute Gasteiger partial charge is 0.345 e. The molecule has 2 N–H and O–H groups in total. The van der Waals surface area contributed by atoms with Gasteiger partial charge in [-0.05, 0) is 37.1 Å². The maximum Gasteiger partial charge on any atom is 0.321 e. The van der Waals surface area contributed by atoms with E-state index in [1.807, 2.05) is 24.3 Å². The summed E-state index contributed by atoms with van der Waals surface area (Å²) in [6.45, 7) is 1.75. The van der Waals surface area contributed by atoms with E-state index in [9.17, 15) is 9.59 Å². The van der Waals surface area contributed by atoms with Crippen molar-refractivity contribution in [2.24, 2.45) is 5.92 Å². The Labute approximate surface area is 130 Å². The lowest BCUT2D eigenvalue weighted by Gasteiger charge is -2.23. The van der Waals surface area contributed by atoms with Crippen LogP contribution in [0.4, 0.5) is 10.5 Å². The third-order valence-corrected chi connectivity index (χ3v) is 4.10. The summed E-state index contributed by atoms with van der Waals surface area (Å²) in [5.41, 5.74) is 1.75. The number of carbonyl (C=O) groups is 2. The van der Waals surface area contributed by atoms with Gasteiger partial charge in [0, 0.05) is 30.3 Å². The Balaban J connectivity index is 1.51. The van der Waals surface area contributed by atoms with Crippen LogP contribution in [0.1, 0.15) is 24.8 Å². The zero-order valence-electron chi connectivity index (χ0n) is 12.4. The van der Waals surface area contributed by atoms with Gasteiger partial charge in [0.15, 0.2) is 0 Å². The van der Waals surface area contributed by atoms with Gasteiger partial charge in [-0.1, -0.05) is 18.3 Å². The Bertz CT molecular complexity index is 624. The van der Waals surface area contributed by atoms with Crippen molar-refractivity contribution in [1.29, 1.82) is 0 Å². The van der Waals surface area contributed by atoms with E-state index in [1.54, 1.807) is 4.90 Å². The zero-order valence-corrected chi connectivity index (χ0v) is 12.4. The smallest absolute Gasteiger partial charge is 0.321 e. The second-order valence-electron chi connectivity index (χ2n) is 5.58. The number of amides is 3. The maximum atomic E-state index is 11.6. The highest BCUT2D eigenvalue weighted by atomic mass is 16.2. The molecule has 5 heteroatoms. The number of hydrogen-bond donors (Lipinski definition) is 2. The number of hydrogen-bond acceptors (Lipinski definition) is 2. The van der Waals surface area contributed by atoms with Gasteiger partial charge < -0.3 is 10.6 Å². The average Bonchev–Trinajstić information content (AvgIpc) is 2.89. The van der Waals surface area contributed by atoms with Crippen LogP contribution < -0.4 is 15.5 Å². The molecule has 22 heavy (non-hydrogen) atoms. The molecule has 1 saturated carbocycles. The van der Waals surface area contributed by atoms with Crippen LogP contribution >= 0.6 is 0 Å². The molecular weight excluding hydrogens is 278 g/mol. The fourth-order valence-electron chi connectivity index (χ4n) is 2.54. The molecule has 5 nitrogen and oxygen atoms in total. The van der Waals surface area contributed by atoms with Gasteiger partial charge in [0.05, 0.1) is 6.54 Å². The highest BCUT2D eigenvalue weighted by Crippen LogP contribution is 2.25. The minimum Gasteiger partial charge on any atom is -0.345 e. The fourth-order valence-corrected chi connectivity index (χ4v) is 2.54. The molecule has 1 saturated heterocycles. The van der Waals surface area contributed by atoms with Crippen LogP contribution in [-0.2, 0) is 4.79 Å². The number of nitrogens with zero attached hydrogens (tertiary/aromatic N) is 1. The normalized spacial score (nSPS) is 17.3. The predicted octanol–water partition coefficient (Wildman–Crippen LogP) is 1.48. The first-order chi connectivity index (χ1) is 10.7. The van der Waals surface area contributed by atoms with Crippen molar-refractivity contribution >= 4 is 17.6 Å². The van der Waals surface area contributed by atoms with E-state index in [0.29, 0.717) is 19.6 Å². The van der Waals surface area contributed by atoms with Crippen molar-refractivity contribution in [3.63, 3.8) is 0 Å². The van der Waals surface area contributed by atoms with Gasteiger partial charge in [0.25, 0.3) is 0 Å². The van der Waals surface area contributed by atoms with Crippen molar-refractivity contribution in [3.05, 3.63) is 29.8 Å². The van der Waals surface area contributed by atoms with E-state index in [2.05, 4.69) is 22.5 Å². The molecule has 0 unspecified atom stereocenters. The lowest BCUT2D eigenvalue weighted by atomic mass is 9.85. The van der Waals surface area contributed by atoms with Crippen LogP contribution in [0, 0.1) is 17.8 Å². The summed E-state index contributed by atoms with van der Waals surface area (Å²) in [6, 6.07) is 7.50. The molecule has 3 rings (SSSR count). The Morgan fingerprint density at radius 3 is 2.68 bits per heavy atom. The fraction of sp³-hybridized carbons (Fsp3) is 0.412. The van der Waals surface area contributed by atoms with Crippen LogP contribution in [0.2, 0.25) is 0 Å². The molecule has 0 aromatic heterocycles. The van der Waals surface area contributed by atoms with Gasteiger partial charge in [-0.25, -0.2) is 4.79 Å². The molecule has 0 atom stereocenters. The average molecular weight is 297 g/mol. The van der Waals surface area contributed by atoms with Crippen LogP contribution in [0.15, 0.2) is 24.3 Å². The number of benzene rings is 1. The summed E-state index contributed by atoms with van der Waals surface area (Å²) in [5.74, 6) is 6.30. The minimum absolute atomic E-state index is 0.0578. The van der Waals surface area contributed by atoms with Crippen LogP contribution in [0.3, 0.4) is 0 Å². The van der Waals surface area contributed by atoms with Crippen LogP contribution in [-0.4, -0.2) is 31.6 Å². The second-order valence-corrected chi connectivity index (χ2v) is 5.58. The molecule has 2 aliphatic rings. The van der Waals surface area contributed by atoms with Crippen molar-refractivity contribution in [1.82, 2.24) is 10.6 Å². The summed E-state index contributed by atoms with van der Waals surface area (Å²) < 4.78 is 0. The Morgan fingerprint density at radius 1 is 1.32 bits per heavy atom. The molecule has 3 amide bonds. The SMILES string of the molecule is O=C(NCC#Cc1ccc(N2CCNC2=O)cc1)C1CCC1. The molecule has 0 spiro atoms. The minimum atomic E-state index is -0.0578. The molecule has 1 aromatic rings. The van der Waals surface area contributed by atoms with E-state index in [4.69, 9.17) is 0 Å². The molecule has 1 aliphatic heterocycles. The van der Waals surface area contributed by atoms with E-state index < -0.39 is 0 Å². The van der Waals surface area contributed by atoms with Gasteiger partial charge in [-0.3, -0.25) is 9.69 Å². The van der Waals surface area contributed by atoms with Crippen molar-refractivity contribution in [3.8, 4) is 11.8 Å². The summed E-state index contributed by atoms with van der Waals surface area (Å²) in [4.78, 5) is 24.9. The summed E-state index contributed by atoms with van der Waals surface area (Å²) in [6.07, 6.45) is 3.17. The molecule has 1 aromatic carbocycles. The molecule has 114 valence electrons. The molecular formula is C17H19N3O2. The lowest BCUT2D eigenvalue weighted by Crippen LogP contribution is -2.34. The van der Waals surface area contributed by atoms with Crippen molar-refractivity contribution < 1.29 is 9.59 Å². The lowest BCUT2D eigenvalue weighted by molar-refractivity contribution is -0.127. The first-order valence-electron chi connectivity index (χ1n) is 7.66. The first kappa shape index (κ1) is 14.5. The quantitative estimate of drug-likeness (QED) is 0.830. The highest BCUT2D eigenvalue weighted by Gasteiger charge is 2.24. The molecule has 1 heterocycles. The first-order valence-corrected chi connectivity index (χ1v) is 7.66. The number of anilines is 1. The standard InChI is InChI=1S/C17H19N3O2/c21-16(14-4-1-5-14)18-10-2-3-13-6-8-15(9-7-13)20-12-11-19-17(20)22/h6-9,14H,1,4-5,10-12H2,(H,18,21)(H,19,22). The summed E-state index contributed by atoms with van der Waals surface area (Å²) in [5, 5.41) is 5.62. The third kappa shape index (κ3) is 3.22. The van der Waals surface area contributed by atoms with Gasteiger partial charge in [0.2, 0.25) is 5.91 Å². The Kier molecular flexibility index (Phi) is 4.29. The van der Waals surface area contributed by atoms with Crippen molar-refractivity contribution in [2.75, 3.05) is 24.5 Å². The topological polar surface area (TPSA) is 61.4 Å². The van der Waals surface area contributed by atoms with E-state index in [1.165, 1.54) is 0 Å². The van der Waals surface area contributed by atoms with E-state index >= 15 is 0 Å². The van der Waals surface area contributed by atoms with Gasteiger partial charge in [-0.15, -0.1) is 0 Å².